The maximum atomic E-state index is 13.5. The smallest absolute Gasteiger partial charge is 0.306 e. The summed E-state index contributed by atoms with van der Waals surface area (Å²) in [7, 11) is 3.04. The van der Waals surface area contributed by atoms with Gasteiger partial charge in [0.05, 0.1) is 30.3 Å². The number of esters is 1. The first-order valence-corrected chi connectivity index (χ1v) is 22.5. The average Bonchev–Trinajstić information content (AvgIpc) is 3.65. The van der Waals surface area contributed by atoms with E-state index in [1.165, 1.54) is 17.1 Å². The average molecular weight is 818 g/mol. The number of aryl methyl sites for hydroxylation is 1. The van der Waals surface area contributed by atoms with E-state index in [-0.39, 0.29) is 56.4 Å². The topological polar surface area (TPSA) is 201 Å². The molecule has 2 spiro atoms. The molecule has 0 radical (unpaired) electrons. The number of allylic oxidation sites excluding steroid dienone is 1. The molecule has 9 rings (SSSR count). The summed E-state index contributed by atoms with van der Waals surface area (Å²) in [6, 6.07) is 3.70. The van der Waals surface area contributed by atoms with Gasteiger partial charge in [0.2, 0.25) is 5.75 Å². The molecule has 2 aliphatic carbocycles. The van der Waals surface area contributed by atoms with Crippen molar-refractivity contribution in [3.63, 3.8) is 0 Å². The van der Waals surface area contributed by atoms with Gasteiger partial charge in [0.25, 0.3) is 5.79 Å². The summed E-state index contributed by atoms with van der Waals surface area (Å²) in [6.07, 6.45) is 7.21. The minimum absolute atomic E-state index is 0.0160. The Labute approximate surface area is 334 Å². The maximum Gasteiger partial charge on any atom is 0.306 e. The Morgan fingerprint density at radius 1 is 1.09 bits per heavy atom. The van der Waals surface area contributed by atoms with Crippen LogP contribution in [0.3, 0.4) is 0 Å². The third-order valence-electron chi connectivity index (χ3n) is 13.3. The quantitative estimate of drug-likeness (QED) is 0.132. The van der Waals surface area contributed by atoms with Crippen LogP contribution >= 0.6 is 21.6 Å². The van der Waals surface area contributed by atoms with Gasteiger partial charge in [-0.3, -0.25) is 4.79 Å². The molecule has 5 aliphatic heterocycles. The van der Waals surface area contributed by atoms with E-state index in [0.29, 0.717) is 41.2 Å². The van der Waals surface area contributed by atoms with Crippen molar-refractivity contribution in [3.05, 3.63) is 48.3 Å². The zero-order chi connectivity index (χ0) is 39.5. The van der Waals surface area contributed by atoms with Gasteiger partial charge in [0.15, 0.2) is 16.9 Å². The number of benzene rings is 1. The summed E-state index contributed by atoms with van der Waals surface area (Å²) < 4.78 is 32.3. The van der Waals surface area contributed by atoms with Crippen LogP contribution in [-0.2, 0) is 20.7 Å². The largest absolute Gasteiger partial charge is 0.485 e. The lowest BCUT2D eigenvalue weighted by Gasteiger charge is -2.72. The van der Waals surface area contributed by atoms with Gasteiger partial charge in [0.1, 0.15) is 23.9 Å². The van der Waals surface area contributed by atoms with E-state index < -0.39 is 76.5 Å². The van der Waals surface area contributed by atoms with Crippen molar-refractivity contribution in [2.75, 3.05) is 32.1 Å². The molecular weight excluding hydrogens is 763 g/mol. The Bertz CT molecular complexity index is 1820. The molecule has 308 valence electrons. The summed E-state index contributed by atoms with van der Waals surface area (Å²) >= 11 is 0. The lowest BCUT2D eigenvalue weighted by molar-refractivity contribution is -0.457. The van der Waals surface area contributed by atoms with Gasteiger partial charge in [-0.05, 0) is 74.6 Å². The van der Waals surface area contributed by atoms with Crippen molar-refractivity contribution >= 4 is 38.5 Å². The second kappa shape index (κ2) is 15.7. The molecule has 6 bridgehead atoms. The zero-order valence-electron chi connectivity index (χ0n) is 31.9. The van der Waals surface area contributed by atoms with Crippen LogP contribution in [0, 0.1) is 23.7 Å². The monoisotopic (exact) mass is 817 g/mol. The Hall–Kier alpha value is -2.31. The van der Waals surface area contributed by atoms with Crippen LogP contribution in [-0.4, -0.2) is 121 Å². The molecular formula is C41H55NO12S2. The number of rotatable bonds is 5. The Balaban J connectivity index is 1.39. The predicted octanol–water partition coefficient (Wildman–Crippen LogP) is 3.40. The number of aliphatic hydroxyl groups excluding tert-OH is 4. The van der Waals surface area contributed by atoms with Crippen LogP contribution in [0.25, 0.3) is 11.0 Å². The molecule has 6 heterocycles. The molecule has 2 saturated heterocycles. The molecule has 13 nitrogen and oxygen atoms in total. The molecule has 1 aromatic carbocycles. The summed E-state index contributed by atoms with van der Waals surface area (Å²) in [4.78, 5) is 12.8. The molecule has 3 fully saturated rings. The van der Waals surface area contributed by atoms with E-state index in [4.69, 9.17) is 23.4 Å². The van der Waals surface area contributed by atoms with Gasteiger partial charge >= 0.3 is 5.97 Å². The molecule has 0 amide bonds. The molecule has 15 heteroatoms. The van der Waals surface area contributed by atoms with Crippen LogP contribution < -0.4 is 14.8 Å². The van der Waals surface area contributed by atoms with Crippen molar-refractivity contribution in [2.24, 2.45) is 23.7 Å². The number of hydrogen-bond acceptors (Lipinski definition) is 15. The predicted molar refractivity (Wildman–Crippen MR) is 210 cm³/mol. The summed E-state index contributed by atoms with van der Waals surface area (Å²) in [5.41, 5.74) is -5.84. The second-order valence-electron chi connectivity index (χ2n) is 16.6. The normalized spacial score (nSPS) is 42.3. The second-order valence-corrected chi connectivity index (χ2v) is 19.1. The van der Waals surface area contributed by atoms with Crippen molar-refractivity contribution < 1.29 is 58.8 Å². The van der Waals surface area contributed by atoms with E-state index in [9.17, 15) is 35.4 Å². The van der Waals surface area contributed by atoms with Gasteiger partial charge < -0.3 is 59.3 Å². The SMILES string of the molecule is CCOC(=O)CCc1cc2ccoc2c2c1O[C@]13C=C[C@H]4SSC[C@@H](CC[C@@H](C)CCC[C@@H](O)[C@@]4(O1)[C@]1(O)C[C@@H]4C=C[C@@H](O)[C@H](CO)[C@H]4[C@@]3(O)[C@H]1O)NCCO2. The molecule has 7 N–H and O–H groups in total. The first kappa shape index (κ1) is 40.5. The first-order valence-electron chi connectivity index (χ1n) is 20.1. The van der Waals surface area contributed by atoms with Crippen LogP contribution in [0.4, 0.5) is 0 Å². The lowest BCUT2D eigenvalue weighted by Crippen LogP contribution is -2.91. The van der Waals surface area contributed by atoms with Crippen LogP contribution in [0.2, 0.25) is 0 Å². The van der Waals surface area contributed by atoms with Crippen LogP contribution in [0.5, 0.6) is 11.5 Å². The highest BCUT2D eigenvalue weighted by atomic mass is 33.1. The summed E-state index contributed by atoms with van der Waals surface area (Å²) in [5, 5.41) is 78.0. The summed E-state index contributed by atoms with van der Waals surface area (Å²) in [5.74, 6) is -4.21. The number of fused-ring (bicyclic) bond motifs is 8. The van der Waals surface area contributed by atoms with Crippen LogP contribution in [0.1, 0.15) is 64.4 Å². The van der Waals surface area contributed by atoms with Crippen molar-refractivity contribution in [1.82, 2.24) is 5.32 Å². The van der Waals surface area contributed by atoms with Crippen molar-refractivity contribution in [2.45, 2.75) is 117 Å². The molecule has 1 aromatic heterocycles. The van der Waals surface area contributed by atoms with Crippen molar-refractivity contribution in [3.8, 4) is 11.5 Å². The fourth-order valence-corrected chi connectivity index (χ4v) is 13.7. The zero-order valence-corrected chi connectivity index (χ0v) is 33.5. The number of furan rings is 1. The van der Waals surface area contributed by atoms with Gasteiger partial charge in [-0.15, -0.1) is 0 Å². The van der Waals surface area contributed by atoms with Crippen molar-refractivity contribution in [1.29, 1.82) is 0 Å². The van der Waals surface area contributed by atoms with E-state index in [0.717, 1.165) is 19.3 Å². The maximum absolute atomic E-state index is 13.5. The Kier molecular flexibility index (Phi) is 11.3. The third kappa shape index (κ3) is 6.34. The highest BCUT2D eigenvalue weighted by molar-refractivity contribution is 8.77. The Morgan fingerprint density at radius 3 is 2.73 bits per heavy atom. The lowest BCUT2D eigenvalue weighted by atomic mass is 9.46. The highest BCUT2D eigenvalue weighted by Gasteiger charge is 2.84. The number of carbonyl (C=O) groups excluding carboxylic acids is 1. The number of aliphatic hydroxyl groups is 6. The first-order chi connectivity index (χ1) is 26.9. The number of carbonyl (C=O) groups is 1. The van der Waals surface area contributed by atoms with Gasteiger partial charge in [-0.1, -0.05) is 59.6 Å². The molecule has 13 atom stereocenters. The minimum atomic E-state index is -2.53. The van der Waals surface area contributed by atoms with Gasteiger partial charge in [0, 0.05) is 48.6 Å². The van der Waals surface area contributed by atoms with E-state index >= 15 is 0 Å². The number of hydrogen-bond donors (Lipinski definition) is 7. The molecule has 1 saturated carbocycles. The highest BCUT2D eigenvalue weighted by Crippen LogP contribution is 2.67. The molecule has 2 aromatic rings. The van der Waals surface area contributed by atoms with Gasteiger partial charge in [-0.25, -0.2) is 0 Å². The molecule has 7 aliphatic rings. The fourth-order valence-electron chi connectivity index (χ4n) is 10.5. The minimum Gasteiger partial charge on any atom is -0.485 e. The van der Waals surface area contributed by atoms with E-state index in [2.05, 4.69) is 12.2 Å². The van der Waals surface area contributed by atoms with Gasteiger partial charge in [-0.2, -0.15) is 0 Å². The van der Waals surface area contributed by atoms with Crippen LogP contribution in [0.15, 0.2) is 47.1 Å². The standard InChI is InChI=1S/C41H55NO12S2/c1-3-50-32(46)12-9-24-19-25-14-17-51-34(25)36-35(24)53-39-15-13-31-41(54-39,30(45)6-4-5-23(2)7-10-27(22-55-56-31)42-16-18-52-36)38(48)20-26-8-11-29(44)28(21-43)33(26)40(39,49)37(38)47/h8,11,13-15,17,19,23,26-31,33,37,42-45,47-49H,3-7,9-10,12,16,18,20-22H2,1-2H3/t23-,26-,27+,28-,29+,30+,31+,33-,37-,38-,39+,40+,41-/m0/s1. The fraction of sp³-hybridized carbons (Fsp3) is 0.683. The number of ether oxygens (including phenoxy) is 4. The molecule has 56 heavy (non-hydrogen) atoms. The third-order valence-corrected chi connectivity index (χ3v) is 16.1. The van der Waals surface area contributed by atoms with E-state index in [1.807, 2.05) is 6.07 Å². The number of nitrogens with one attached hydrogen (secondary N) is 1. The Morgan fingerprint density at radius 2 is 1.93 bits per heavy atom. The van der Waals surface area contributed by atoms with E-state index in [1.54, 1.807) is 48.1 Å². The summed E-state index contributed by atoms with van der Waals surface area (Å²) in [6.45, 7) is 4.28. The molecule has 0 unspecified atom stereocenters.